The van der Waals surface area contributed by atoms with Gasteiger partial charge in [0.15, 0.2) is 0 Å². The summed E-state index contributed by atoms with van der Waals surface area (Å²) in [5, 5.41) is 3.43. The number of benzene rings is 1. The van der Waals surface area contributed by atoms with Gasteiger partial charge in [-0.25, -0.2) is 0 Å². The Morgan fingerprint density at radius 3 is 3.00 bits per heavy atom. The lowest BCUT2D eigenvalue weighted by Gasteiger charge is -2.16. The molecule has 1 heterocycles. The molecule has 3 nitrogen and oxygen atoms in total. The van der Waals surface area contributed by atoms with Crippen LogP contribution in [0.5, 0.6) is 5.75 Å². The molecule has 0 atom stereocenters. The summed E-state index contributed by atoms with van der Waals surface area (Å²) in [5.74, 6) is 0.989. The van der Waals surface area contributed by atoms with Gasteiger partial charge in [0.2, 0.25) is 0 Å². The lowest BCUT2D eigenvalue weighted by molar-refractivity contribution is 0.324. The van der Waals surface area contributed by atoms with E-state index in [4.69, 9.17) is 4.74 Å². The molecule has 0 bridgehead atoms. The summed E-state index contributed by atoms with van der Waals surface area (Å²) in [6, 6.07) is 6.37. The van der Waals surface area contributed by atoms with Gasteiger partial charge in [-0.1, -0.05) is 18.2 Å². The smallest absolute Gasteiger partial charge is 0.122 e. The normalized spacial score (nSPS) is 17.3. The van der Waals surface area contributed by atoms with Crippen molar-refractivity contribution in [3.8, 4) is 5.75 Å². The van der Waals surface area contributed by atoms with E-state index in [0.717, 1.165) is 38.5 Å². The summed E-state index contributed by atoms with van der Waals surface area (Å²) in [4.78, 5) is 2.50. The minimum Gasteiger partial charge on any atom is -0.494 e. The number of hydrogen-bond donors (Lipinski definition) is 1. The Hall–Kier alpha value is -1.32. The molecule has 1 aliphatic rings. The predicted octanol–water partition coefficient (Wildman–Crippen LogP) is 2.70. The molecule has 110 valence electrons. The second-order valence-electron chi connectivity index (χ2n) is 5.26. The molecule has 2 rings (SSSR count). The van der Waals surface area contributed by atoms with E-state index in [2.05, 4.69) is 47.5 Å². The van der Waals surface area contributed by atoms with Crippen molar-refractivity contribution in [2.75, 3.05) is 39.3 Å². The lowest BCUT2D eigenvalue weighted by Crippen LogP contribution is -2.28. The quantitative estimate of drug-likeness (QED) is 0.893. The van der Waals surface area contributed by atoms with Crippen molar-refractivity contribution in [3.63, 3.8) is 0 Å². The maximum Gasteiger partial charge on any atom is 0.122 e. The van der Waals surface area contributed by atoms with Crippen molar-refractivity contribution in [3.05, 3.63) is 35.4 Å². The highest BCUT2D eigenvalue weighted by Gasteiger charge is 2.05. The fourth-order valence-corrected chi connectivity index (χ4v) is 2.52. The molecule has 0 amide bonds. The topological polar surface area (TPSA) is 24.5 Å². The molecule has 1 aliphatic heterocycles. The summed E-state index contributed by atoms with van der Waals surface area (Å²) in [7, 11) is 0. The van der Waals surface area contributed by atoms with E-state index in [9.17, 15) is 0 Å². The SMILES string of the molecule is CCOc1ccc(/C=C/CN2CCCNCC2)cc1C. The van der Waals surface area contributed by atoms with Gasteiger partial charge in [0.1, 0.15) is 5.75 Å². The predicted molar refractivity (Wildman–Crippen MR) is 85.3 cm³/mol. The van der Waals surface area contributed by atoms with Crippen LogP contribution in [-0.4, -0.2) is 44.2 Å². The summed E-state index contributed by atoms with van der Waals surface area (Å²) < 4.78 is 5.57. The van der Waals surface area contributed by atoms with Crippen molar-refractivity contribution in [2.45, 2.75) is 20.3 Å². The highest BCUT2D eigenvalue weighted by Crippen LogP contribution is 2.19. The molecule has 20 heavy (non-hydrogen) atoms. The lowest BCUT2D eigenvalue weighted by atomic mass is 10.1. The zero-order chi connectivity index (χ0) is 14.2. The Morgan fingerprint density at radius 1 is 1.30 bits per heavy atom. The summed E-state index contributed by atoms with van der Waals surface area (Å²) in [6.45, 7) is 10.5. The molecule has 0 saturated carbocycles. The molecule has 0 radical (unpaired) electrons. The zero-order valence-corrected chi connectivity index (χ0v) is 12.7. The number of hydrogen-bond acceptors (Lipinski definition) is 3. The monoisotopic (exact) mass is 274 g/mol. The van der Waals surface area contributed by atoms with Crippen LogP contribution in [0.2, 0.25) is 0 Å². The Balaban J connectivity index is 1.88. The van der Waals surface area contributed by atoms with Crippen LogP contribution in [0.25, 0.3) is 6.08 Å². The highest BCUT2D eigenvalue weighted by atomic mass is 16.5. The van der Waals surface area contributed by atoms with Gasteiger partial charge in [-0.2, -0.15) is 0 Å². The second kappa shape index (κ2) is 8.08. The fraction of sp³-hybridized carbons (Fsp3) is 0.529. The largest absolute Gasteiger partial charge is 0.494 e. The molecule has 0 unspecified atom stereocenters. The van der Waals surface area contributed by atoms with Gasteiger partial charge in [0.25, 0.3) is 0 Å². The van der Waals surface area contributed by atoms with E-state index < -0.39 is 0 Å². The average molecular weight is 274 g/mol. The third kappa shape index (κ3) is 4.66. The van der Waals surface area contributed by atoms with Crippen LogP contribution in [0.1, 0.15) is 24.5 Å². The van der Waals surface area contributed by atoms with Gasteiger partial charge in [-0.05, 0) is 56.6 Å². The maximum atomic E-state index is 5.57. The Morgan fingerprint density at radius 2 is 2.20 bits per heavy atom. The molecule has 1 fully saturated rings. The highest BCUT2D eigenvalue weighted by molar-refractivity contribution is 5.53. The third-order valence-corrected chi connectivity index (χ3v) is 3.61. The zero-order valence-electron chi connectivity index (χ0n) is 12.7. The van der Waals surface area contributed by atoms with Crippen LogP contribution < -0.4 is 10.1 Å². The number of aryl methyl sites for hydroxylation is 1. The Bertz CT molecular complexity index is 435. The summed E-state index contributed by atoms with van der Waals surface area (Å²) in [5.41, 5.74) is 2.45. The van der Waals surface area contributed by atoms with Crippen LogP contribution in [0.15, 0.2) is 24.3 Å². The molecule has 1 aromatic carbocycles. The maximum absolute atomic E-state index is 5.57. The van der Waals surface area contributed by atoms with Crippen molar-refractivity contribution in [1.82, 2.24) is 10.2 Å². The summed E-state index contributed by atoms with van der Waals surface area (Å²) >= 11 is 0. The minimum absolute atomic E-state index is 0.721. The van der Waals surface area contributed by atoms with E-state index >= 15 is 0 Å². The van der Waals surface area contributed by atoms with Gasteiger partial charge < -0.3 is 10.1 Å². The van der Waals surface area contributed by atoms with Crippen molar-refractivity contribution in [1.29, 1.82) is 0 Å². The second-order valence-corrected chi connectivity index (χ2v) is 5.26. The van der Waals surface area contributed by atoms with Gasteiger partial charge in [0.05, 0.1) is 6.61 Å². The van der Waals surface area contributed by atoms with Crippen LogP contribution in [-0.2, 0) is 0 Å². The van der Waals surface area contributed by atoms with Crippen molar-refractivity contribution < 1.29 is 4.74 Å². The van der Waals surface area contributed by atoms with Crippen LogP contribution in [0.3, 0.4) is 0 Å². The summed E-state index contributed by atoms with van der Waals surface area (Å²) in [6.07, 6.45) is 5.72. The third-order valence-electron chi connectivity index (χ3n) is 3.61. The molecule has 1 saturated heterocycles. The minimum atomic E-state index is 0.721. The van der Waals surface area contributed by atoms with E-state index in [1.54, 1.807) is 0 Å². The molecule has 3 heteroatoms. The number of nitrogens with zero attached hydrogens (tertiary/aromatic N) is 1. The first-order valence-corrected chi connectivity index (χ1v) is 7.62. The number of rotatable bonds is 5. The Kier molecular flexibility index (Phi) is 6.09. The first-order valence-electron chi connectivity index (χ1n) is 7.62. The van der Waals surface area contributed by atoms with Gasteiger partial charge >= 0.3 is 0 Å². The first-order chi connectivity index (χ1) is 9.79. The first kappa shape index (κ1) is 15.1. The van der Waals surface area contributed by atoms with Crippen molar-refractivity contribution in [2.24, 2.45) is 0 Å². The van der Waals surface area contributed by atoms with Crippen molar-refractivity contribution >= 4 is 6.08 Å². The van der Waals surface area contributed by atoms with Gasteiger partial charge in [-0.15, -0.1) is 0 Å². The molecular weight excluding hydrogens is 248 g/mol. The van der Waals surface area contributed by atoms with E-state index in [0.29, 0.717) is 0 Å². The molecule has 0 spiro atoms. The van der Waals surface area contributed by atoms with Crippen LogP contribution in [0, 0.1) is 6.92 Å². The molecule has 0 aromatic heterocycles. The van der Waals surface area contributed by atoms with E-state index in [1.165, 1.54) is 24.1 Å². The Labute approximate surface area is 122 Å². The van der Waals surface area contributed by atoms with Gasteiger partial charge in [0, 0.05) is 19.6 Å². The molecule has 1 aromatic rings. The standard InChI is InChI=1S/C17H26N2O/c1-3-20-17-8-7-16(14-15(17)2)6-4-11-19-12-5-9-18-10-13-19/h4,6-8,14,18H,3,5,9-13H2,1-2H3/b6-4+. The number of nitrogens with one attached hydrogen (secondary N) is 1. The molecular formula is C17H26N2O. The molecule has 1 N–H and O–H groups in total. The fourth-order valence-electron chi connectivity index (χ4n) is 2.52. The average Bonchev–Trinajstić information content (AvgIpc) is 2.71. The van der Waals surface area contributed by atoms with E-state index in [1.807, 2.05) is 6.92 Å². The van der Waals surface area contributed by atoms with Crippen LogP contribution >= 0.6 is 0 Å². The van der Waals surface area contributed by atoms with Crippen LogP contribution in [0.4, 0.5) is 0 Å². The van der Waals surface area contributed by atoms with Gasteiger partial charge in [-0.3, -0.25) is 4.90 Å². The molecule has 0 aliphatic carbocycles. The van der Waals surface area contributed by atoms with E-state index in [-0.39, 0.29) is 0 Å². The number of ether oxygens (including phenoxy) is 1.